The van der Waals surface area contributed by atoms with Crippen LogP contribution in [0.15, 0.2) is 5.18 Å². The van der Waals surface area contributed by atoms with Crippen molar-refractivity contribution in [2.75, 3.05) is 0 Å². The Hall–Kier alpha value is -0.970. The van der Waals surface area contributed by atoms with Gasteiger partial charge in [0.25, 0.3) is 0 Å². The molecule has 0 aliphatic heterocycles. The highest BCUT2D eigenvalue weighted by Crippen LogP contribution is 2.10. The predicted molar refractivity (Wildman–Crippen MR) is 84.9 cm³/mol. The summed E-state index contributed by atoms with van der Waals surface area (Å²) in [5.74, 6) is -0.0469. The van der Waals surface area contributed by atoms with Crippen molar-refractivity contribution in [3.05, 3.63) is 4.91 Å². The van der Waals surface area contributed by atoms with Gasteiger partial charge in [0.05, 0.1) is 0 Å². The number of nitrogens with zero attached hydrogens (tertiary/aromatic N) is 1. The Kier molecular flexibility index (Phi) is 17.2. The first-order valence-corrected chi connectivity index (χ1v) is 7.86. The molecule has 1 unspecified atom stereocenters. The van der Waals surface area contributed by atoms with Gasteiger partial charge in [-0.1, -0.05) is 65.2 Å². The van der Waals surface area contributed by atoms with Gasteiger partial charge in [-0.3, -0.25) is 4.79 Å². The maximum Gasteiger partial charge on any atom is 0.221 e. The molecule has 0 aromatic heterocycles. The summed E-state index contributed by atoms with van der Waals surface area (Å²) in [5.41, 5.74) is 0. The van der Waals surface area contributed by atoms with Crippen LogP contribution in [0.1, 0.15) is 84.5 Å². The number of nitroso groups, excluding NO2 is 1. The molecule has 0 aliphatic carbocycles. The molecule has 0 fully saturated rings. The Morgan fingerprint density at radius 2 is 1.45 bits per heavy atom. The molecule has 120 valence electrons. The molecule has 20 heavy (non-hydrogen) atoms. The van der Waals surface area contributed by atoms with Crippen LogP contribution in [-0.4, -0.2) is 12.1 Å². The van der Waals surface area contributed by atoms with Crippen molar-refractivity contribution in [3.63, 3.8) is 0 Å². The fraction of sp³-hybridized carbons (Fsp3) is 0.933. The Balaban J connectivity index is 0. The zero-order valence-electron chi connectivity index (χ0n) is 13.3. The minimum absolute atomic E-state index is 0. The molecule has 1 atom stereocenters. The van der Waals surface area contributed by atoms with E-state index >= 15 is 0 Å². The van der Waals surface area contributed by atoms with Crippen LogP contribution in [0.2, 0.25) is 0 Å². The van der Waals surface area contributed by atoms with Gasteiger partial charge in [0.2, 0.25) is 5.91 Å². The number of amides is 1. The molecule has 0 aromatic carbocycles. The molecular weight excluding hydrogens is 254 g/mol. The summed E-state index contributed by atoms with van der Waals surface area (Å²) in [6.07, 6.45) is 11.7. The molecule has 0 aromatic rings. The minimum atomic E-state index is -0.550. The lowest BCUT2D eigenvalue weighted by Crippen LogP contribution is -2.32. The van der Waals surface area contributed by atoms with E-state index in [1.807, 2.05) is 6.92 Å². The first-order chi connectivity index (χ1) is 9.24. The smallest absolute Gasteiger partial charge is 0.221 e. The molecule has 0 spiro atoms. The van der Waals surface area contributed by atoms with Crippen LogP contribution in [-0.2, 0) is 4.79 Å². The molecule has 5 nitrogen and oxygen atoms in total. The fourth-order valence-electron chi connectivity index (χ4n) is 2.06. The van der Waals surface area contributed by atoms with Crippen LogP contribution in [0, 0.1) is 4.91 Å². The molecule has 0 bridgehead atoms. The fourth-order valence-corrected chi connectivity index (χ4v) is 2.06. The van der Waals surface area contributed by atoms with Crippen LogP contribution in [0.5, 0.6) is 0 Å². The van der Waals surface area contributed by atoms with Gasteiger partial charge in [0.15, 0.2) is 6.17 Å². The van der Waals surface area contributed by atoms with E-state index in [-0.39, 0.29) is 12.1 Å². The number of rotatable bonds is 13. The molecule has 4 N–H and O–H groups in total. The SMILES string of the molecule is CCCCCCCCCCCC(=O)NC(CC)N=O.N. The molecule has 0 saturated carbocycles. The lowest BCUT2D eigenvalue weighted by molar-refractivity contribution is -0.121. The lowest BCUT2D eigenvalue weighted by Gasteiger charge is -2.08. The van der Waals surface area contributed by atoms with Crippen molar-refractivity contribution < 1.29 is 4.79 Å². The number of carbonyl (C=O) groups excluding carboxylic acids is 1. The summed E-state index contributed by atoms with van der Waals surface area (Å²) in [5, 5.41) is 5.48. The van der Waals surface area contributed by atoms with Crippen LogP contribution < -0.4 is 11.5 Å². The van der Waals surface area contributed by atoms with Gasteiger partial charge in [-0.15, -0.1) is 4.91 Å². The molecular formula is C15H33N3O2. The number of hydrogen-bond acceptors (Lipinski definition) is 4. The minimum Gasteiger partial charge on any atom is -0.344 e. The summed E-state index contributed by atoms with van der Waals surface area (Å²) >= 11 is 0. The van der Waals surface area contributed by atoms with Gasteiger partial charge in [-0.25, -0.2) is 0 Å². The summed E-state index contributed by atoms with van der Waals surface area (Å²) in [7, 11) is 0. The largest absolute Gasteiger partial charge is 0.344 e. The van der Waals surface area contributed by atoms with Crippen LogP contribution in [0.4, 0.5) is 0 Å². The molecule has 1 amide bonds. The number of carbonyl (C=O) groups is 1. The highest BCUT2D eigenvalue weighted by molar-refractivity contribution is 5.76. The number of unbranched alkanes of at least 4 members (excludes halogenated alkanes) is 8. The first kappa shape index (κ1) is 21.3. The monoisotopic (exact) mass is 287 g/mol. The Labute approximate surface area is 123 Å². The van der Waals surface area contributed by atoms with Crippen molar-refractivity contribution >= 4 is 5.91 Å². The van der Waals surface area contributed by atoms with Gasteiger partial charge in [-0.05, 0) is 18.0 Å². The van der Waals surface area contributed by atoms with E-state index in [1.54, 1.807) is 0 Å². The molecule has 0 rings (SSSR count). The van der Waals surface area contributed by atoms with Crippen LogP contribution in [0.3, 0.4) is 0 Å². The summed E-state index contributed by atoms with van der Waals surface area (Å²) in [6.45, 7) is 4.07. The van der Waals surface area contributed by atoms with E-state index in [4.69, 9.17) is 0 Å². The maximum atomic E-state index is 11.5. The Morgan fingerprint density at radius 1 is 0.950 bits per heavy atom. The van der Waals surface area contributed by atoms with E-state index in [2.05, 4.69) is 17.4 Å². The Bertz CT molecular complexity index is 235. The van der Waals surface area contributed by atoms with Crippen molar-refractivity contribution in [1.82, 2.24) is 11.5 Å². The highest BCUT2D eigenvalue weighted by Gasteiger charge is 2.08. The predicted octanol–water partition coefficient (Wildman–Crippen LogP) is 4.69. The van der Waals surface area contributed by atoms with Gasteiger partial charge in [0, 0.05) is 6.42 Å². The third kappa shape index (κ3) is 13.5. The average Bonchev–Trinajstić information content (AvgIpc) is 2.43. The van der Waals surface area contributed by atoms with Gasteiger partial charge >= 0.3 is 0 Å². The second-order valence-corrected chi connectivity index (χ2v) is 5.18. The van der Waals surface area contributed by atoms with Crippen molar-refractivity contribution in [2.24, 2.45) is 5.18 Å². The van der Waals surface area contributed by atoms with Crippen molar-refractivity contribution in [1.29, 1.82) is 0 Å². The van der Waals surface area contributed by atoms with Gasteiger partial charge in [-0.2, -0.15) is 0 Å². The van der Waals surface area contributed by atoms with E-state index in [0.717, 1.165) is 12.8 Å². The second-order valence-electron chi connectivity index (χ2n) is 5.18. The van der Waals surface area contributed by atoms with E-state index in [1.165, 1.54) is 44.9 Å². The quantitative estimate of drug-likeness (QED) is 0.380. The van der Waals surface area contributed by atoms with Crippen LogP contribution >= 0.6 is 0 Å². The third-order valence-electron chi connectivity index (χ3n) is 3.35. The molecule has 0 aliphatic rings. The molecule has 5 heteroatoms. The third-order valence-corrected chi connectivity index (χ3v) is 3.35. The zero-order chi connectivity index (χ0) is 14.3. The lowest BCUT2D eigenvalue weighted by atomic mass is 10.1. The molecule has 0 saturated heterocycles. The molecule has 0 heterocycles. The highest BCUT2D eigenvalue weighted by atomic mass is 16.3. The summed E-state index contributed by atoms with van der Waals surface area (Å²) < 4.78 is 0. The van der Waals surface area contributed by atoms with E-state index in [0.29, 0.717) is 12.8 Å². The standard InChI is InChI=1S/C15H30N2O2.H3N/c1-3-5-6-7-8-9-10-11-12-13-15(18)16-14(4-2)17-19;/h14H,3-13H2,1-2H3,(H,16,18);1H3. The maximum absolute atomic E-state index is 11.5. The second kappa shape index (κ2) is 16.1. The van der Waals surface area contributed by atoms with Crippen molar-refractivity contribution in [3.8, 4) is 0 Å². The van der Waals surface area contributed by atoms with Crippen LogP contribution in [0.25, 0.3) is 0 Å². The summed E-state index contributed by atoms with van der Waals surface area (Å²) in [4.78, 5) is 21.8. The zero-order valence-corrected chi connectivity index (χ0v) is 13.3. The number of hydrogen-bond donors (Lipinski definition) is 2. The van der Waals surface area contributed by atoms with E-state index < -0.39 is 6.17 Å². The van der Waals surface area contributed by atoms with Gasteiger partial charge < -0.3 is 11.5 Å². The first-order valence-electron chi connectivity index (χ1n) is 7.86. The Morgan fingerprint density at radius 3 is 1.90 bits per heavy atom. The van der Waals surface area contributed by atoms with Gasteiger partial charge in [0.1, 0.15) is 0 Å². The van der Waals surface area contributed by atoms with E-state index in [9.17, 15) is 9.70 Å². The average molecular weight is 287 g/mol. The topological polar surface area (TPSA) is 93.5 Å². The summed E-state index contributed by atoms with van der Waals surface area (Å²) in [6, 6.07) is 0. The normalized spacial score (nSPS) is 11.5. The molecule has 0 radical (unpaired) electrons. The van der Waals surface area contributed by atoms with Crippen molar-refractivity contribution in [2.45, 2.75) is 90.6 Å². The number of nitrogens with one attached hydrogen (secondary N) is 1.